The topological polar surface area (TPSA) is 44.3 Å². The Bertz CT molecular complexity index is 410. The molecule has 1 aromatic rings. The molecule has 2 heterocycles. The van der Waals surface area contributed by atoms with E-state index in [-0.39, 0.29) is 0 Å². The molecule has 1 fully saturated rings. The van der Waals surface area contributed by atoms with Crippen LogP contribution in [0.25, 0.3) is 0 Å². The van der Waals surface area contributed by atoms with Gasteiger partial charge in [-0.15, -0.1) is 6.58 Å². The maximum atomic E-state index is 4.56. The van der Waals surface area contributed by atoms with Gasteiger partial charge in [-0.3, -0.25) is 0 Å². The fourth-order valence-electron chi connectivity index (χ4n) is 1.97. The SMILES string of the molecule is C=CCNc1cc(C)nc(N2CCN(C)CC2)n1. The van der Waals surface area contributed by atoms with E-state index in [2.05, 4.69) is 38.7 Å². The van der Waals surface area contributed by atoms with Gasteiger partial charge in [0.25, 0.3) is 0 Å². The summed E-state index contributed by atoms with van der Waals surface area (Å²) < 4.78 is 0. The molecule has 0 radical (unpaired) electrons. The number of nitrogens with zero attached hydrogens (tertiary/aromatic N) is 4. The summed E-state index contributed by atoms with van der Waals surface area (Å²) in [7, 11) is 2.14. The summed E-state index contributed by atoms with van der Waals surface area (Å²) in [4.78, 5) is 13.6. The van der Waals surface area contributed by atoms with E-state index >= 15 is 0 Å². The lowest BCUT2D eigenvalue weighted by atomic mass is 10.3. The van der Waals surface area contributed by atoms with E-state index in [4.69, 9.17) is 0 Å². The molecule has 0 aliphatic carbocycles. The number of hydrogen-bond acceptors (Lipinski definition) is 5. The number of nitrogens with one attached hydrogen (secondary N) is 1. The minimum absolute atomic E-state index is 0.721. The van der Waals surface area contributed by atoms with E-state index in [1.807, 2.05) is 19.1 Å². The standard InChI is InChI=1S/C13H21N5/c1-4-5-14-12-10-11(2)15-13(16-12)18-8-6-17(3)7-9-18/h4,10H,1,5-9H2,2-3H3,(H,14,15,16). The third-order valence-corrected chi connectivity index (χ3v) is 3.06. The lowest BCUT2D eigenvalue weighted by Gasteiger charge is -2.32. The van der Waals surface area contributed by atoms with Crippen LogP contribution in [0, 0.1) is 6.92 Å². The molecule has 18 heavy (non-hydrogen) atoms. The van der Waals surface area contributed by atoms with Gasteiger partial charge < -0.3 is 15.1 Å². The van der Waals surface area contributed by atoms with Gasteiger partial charge in [0.1, 0.15) is 5.82 Å². The van der Waals surface area contributed by atoms with Crippen LogP contribution >= 0.6 is 0 Å². The number of rotatable bonds is 4. The van der Waals surface area contributed by atoms with Gasteiger partial charge in [0.15, 0.2) is 0 Å². The minimum Gasteiger partial charge on any atom is -0.366 e. The van der Waals surface area contributed by atoms with Crippen molar-refractivity contribution < 1.29 is 0 Å². The van der Waals surface area contributed by atoms with Gasteiger partial charge in [0.05, 0.1) is 0 Å². The smallest absolute Gasteiger partial charge is 0.227 e. The Hall–Kier alpha value is -1.62. The first-order valence-electron chi connectivity index (χ1n) is 6.33. The molecule has 1 saturated heterocycles. The first kappa shape index (κ1) is 12.8. The van der Waals surface area contributed by atoms with Crippen LogP contribution in [0.3, 0.4) is 0 Å². The fraction of sp³-hybridized carbons (Fsp3) is 0.538. The molecule has 1 aromatic heterocycles. The van der Waals surface area contributed by atoms with Crippen LogP contribution in [0.2, 0.25) is 0 Å². The van der Waals surface area contributed by atoms with Gasteiger partial charge in [-0.25, -0.2) is 4.98 Å². The first-order valence-corrected chi connectivity index (χ1v) is 6.33. The Labute approximate surface area is 109 Å². The van der Waals surface area contributed by atoms with Crippen molar-refractivity contribution in [3.63, 3.8) is 0 Å². The van der Waals surface area contributed by atoms with E-state index in [1.54, 1.807) is 0 Å². The molecule has 1 aliphatic heterocycles. The van der Waals surface area contributed by atoms with Crippen molar-refractivity contribution in [2.24, 2.45) is 0 Å². The van der Waals surface area contributed by atoms with Crippen LogP contribution in [0.15, 0.2) is 18.7 Å². The van der Waals surface area contributed by atoms with Crippen LogP contribution in [-0.2, 0) is 0 Å². The number of likely N-dealkylation sites (N-methyl/N-ethyl adjacent to an activating group) is 1. The number of aryl methyl sites for hydroxylation is 1. The summed E-state index contributed by atoms with van der Waals surface area (Å²) in [5.74, 6) is 1.70. The first-order chi connectivity index (χ1) is 8.69. The molecule has 0 amide bonds. The highest BCUT2D eigenvalue weighted by Crippen LogP contribution is 2.15. The summed E-state index contributed by atoms with van der Waals surface area (Å²) in [6.07, 6.45) is 1.83. The Balaban J connectivity index is 2.11. The van der Waals surface area contributed by atoms with Crippen molar-refractivity contribution in [3.8, 4) is 0 Å². The average Bonchev–Trinajstić information content (AvgIpc) is 2.36. The van der Waals surface area contributed by atoms with Crippen LogP contribution in [0.5, 0.6) is 0 Å². The van der Waals surface area contributed by atoms with E-state index < -0.39 is 0 Å². The molecule has 1 aliphatic rings. The second-order valence-corrected chi connectivity index (χ2v) is 4.65. The van der Waals surface area contributed by atoms with Crippen LogP contribution in [0.4, 0.5) is 11.8 Å². The van der Waals surface area contributed by atoms with E-state index in [1.165, 1.54) is 0 Å². The predicted octanol–water partition coefficient (Wildman–Crippen LogP) is 1.13. The second-order valence-electron chi connectivity index (χ2n) is 4.65. The molecule has 0 bridgehead atoms. The van der Waals surface area contributed by atoms with Crippen molar-refractivity contribution >= 4 is 11.8 Å². The van der Waals surface area contributed by atoms with Crippen molar-refractivity contribution in [3.05, 3.63) is 24.4 Å². The average molecular weight is 247 g/mol. The fourth-order valence-corrected chi connectivity index (χ4v) is 1.97. The zero-order valence-electron chi connectivity index (χ0n) is 11.2. The third kappa shape index (κ3) is 3.20. The minimum atomic E-state index is 0.721. The van der Waals surface area contributed by atoms with Gasteiger partial charge in [0, 0.05) is 44.5 Å². The summed E-state index contributed by atoms with van der Waals surface area (Å²) in [5, 5.41) is 3.22. The third-order valence-electron chi connectivity index (χ3n) is 3.06. The van der Waals surface area contributed by atoms with Gasteiger partial charge in [-0.2, -0.15) is 4.98 Å². The normalized spacial score (nSPS) is 16.7. The molecule has 0 spiro atoms. The van der Waals surface area contributed by atoms with E-state index in [0.717, 1.165) is 50.2 Å². The van der Waals surface area contributed by atoms with Crippen molar-refractivity contribution in [2.75, 3.05) is 50.0 Å². The monoisotopic (exact) mass is 247 g/mol. The zero-order valence-corrected chi connectivity index (χ0v) is 11.2. The Kier molecular flexibility index (Phi) is 4.15. The highest BCUT2D eigenvalue weighted by molar-refractivity contribution is 5.44. The van der Waals surface area contributed by atoms with Crippen LogP contribution in [0.1, 0.15) is 5.69 Å². The summed E-state index contributed by atoms with van der Waals surface area (Å²) in [5.41, 5.74) is 0.991. The molecule has 5 heteroatoms. The van der Waals surface area contributed by atoms with Crippen molar-refractivity contribution in [2.45, 2.75) is 6.92 Å². The molecule has 1 N–H and O–H groups in total. The molecular formula is C13H21N5. The summed E-state index contributed by atoms with van der Waals surface area (Å²) >= 11 is 0. The zero-order chi connectivity index (χ0) is 13.0. The van der Waals surface area contributed by atoms with E-state index in [0.29, 0.717) is 0 Å². The van der Waals surface area contributed by atoms with Gasteiger partial charge in [-0.1, -0.05) is 6.08 Å². The molecule has 0 aromatic carbocycles. The quantitative estimate of drug-likeness (QED) is 0.808. The molecule has 2 rings (SSSR count). The summed E-state index contributed by atoms with van der Waals surface area (Å²) in [6.45, 7) is 10.5. The molecule has 5 nitrogen and oxygen atoms in total. The molecule has 0 unspecified atom stereocenters. The largest absolute Gasteiger partial charge is 0.366 e. The summed E-state index contributed by atoms with van der Waals surface area (Å²) in [6, 6.07) is 1.96. The second kappa shape index (κ2) is 5.82. The maximum absolute atomic E-state index is 4.56. The van der Waals surface area contributed by atoms with E-state index in [9.17, 15) is 0 Å². The molecule has 98 valence electrons. The number of hydrogen-bond donors (Lipinski definition) is 1. The van der Waals surface area contributed by atoms with Crippen LogP contribution < -0.4 is 10.2 Å². The van der Waals surface area contributed by atoms with Gasteiger partial charge in [-0.05, 0) is 14.0 Å². The molecule has 0 saturated carbocycles. The number of piperazine rings is 1. The molecular weight excluding hydrogens is 226 g/mol. The van der Waals surface area contributed by atoms with Gasteiger partial charge in [0.2, 0.25) is 5.95 Å². The maximum Gasteiger partial charge on any atom is 0.227 e. The Morgan fingerprint density at radius 2 is 2.06 bits per heavy atom. The number of aromatic nitrogens is 2. The molecule has 0 atom stereocenters. The predicted molar refractivity (Wildman–Crippen MR) is 75.2 cm³/mol. The Morgan fingerprint density at radius 1 is 1.33 bits per heavy atom. The lowest BCUT2D eigenvalue weighted by Crippen LogP contribution is -2.45. The lowest BCUT2D eigenvalue weighted by molar-refractivity contribution is 0.311. The van der Waals surface area contributed by atoms with Crippen molar-refractivity contribution in [1.82, 2.24) is 14.9 Å². The highest BCUT2D eigenvalue weighted by atomic mass is 15.3. The van der Waals surface area contributed by atoms with Crippen molar-refractivity contribution in [1.29, 1.82) is 0 Å². The van der Waals surface area contributed by atoms with Crippen LogP contribution in [-0.4, -0.2) is 54.6 Å². The Morgan fingerprint density at radius 3 is 2.72 bits per heavy atom. The number of anilines is 2. The van der Waals surface area contributed by atoms with Gasteiger partial charge >= 0.3 is 0 Å². The highest BCUT2D eigenvalue weighted by Gasteiger charge is 2.17.